The van der Waals surface area contributed by atoms with Gasteiger partial charge in [-0.05, 0) is 42.5 Å². The normalized spacial score (nSPS) is 10.3. The van der Waals surface area contributed by atoms with E-state index in [1.807, 2.05) is 0 Å². The minimum atomic E-state index is -0.430. The molecule has 0 unspecified atom stereocenters. The standard InChI is InChI=1S/C18H16ClN5O3/c1-27-16-8-12(19)2-7-15(16)18(26)21-9-17(25)23-13-3-5-14(6-4-13)24-11-20-10-22-24/h2-8,10-11H,9H2,1H3,(H,21,26)(H,23,25). The number of methoxy groups -OCH3 is 1. The maximum absolute atomic E-state index is 12.2. The summed E-state index contributed by atoms with van der Waals surface area (Å²) in [7, 11) is 1.44. The molecule has 2 N–H and O–H groups in total. The van der Waals surface area contributed by atoms with Gasteiger partial charge in [0.15, 0.2) is 0 Å². The lowest BCUT2D eigenvalue weighted by molar-refractivity contribution is -0.115. The van der Waals surface area contributed by atoms with Crippen LogP contribution in [0.5, 0.6) is 5.75 Å². The Balaban J connectivity index is 1.56. The van der Waals surface area contributed by atoms with Crippen LogP contribution < -0.4 is 15.4 Å². The summed E-state index contributed by atoms with van der Waals surface area (Å²) in [4.78, 5) is 28.2. The van der Waals surface area contributed by atoms with E-state index in [9.17, 15) is 9.59 Å². The molecule has 0 saturated heterocycles. The number of anilines is 1. The minimum absolute atomic E-state index is 0.185. The van der Waals surface area contributed by atoms with Crippen LogP contribution in [0.3, 0.4) is 0 Å². The Kier molecular flexibility index (Phi) is 5.68. The zero-order valence-corrected chi connectivity index (χ0v) is 15.1. The fourth-order valence-corrected chi connectivity index (χ4v) is 2.51. The van der Waals surface area contributed by atoms with Crippen LogP contribution in [0.4, 0.5) is 5.69 Å². The van der Waals surface area contributed by atoms with Gasteiger partial charge < -0.3 is 15.4 Å². The summed E-state index contributed by atoms with van der Waals surface area (Å²) >= 11 is 5.88. The Labute approximate surface area is 160 Å². The molecule has 0 spiro atoms. The zero-order chi connectivity index (χ0) is 19.2. The van der Waals surface area contributed by atoms with Crippen molar-refractivity contribution in [2.45, 2.75) is 0 Å². The number of halogens is 1. The van der Waals surface area contributed by atoms with E-state index < -0.39 is 5.91 Å². The fraction of sp³-hybridized carbons (Fsp3) is 0.111. The highest BCUT2D eigenvalue weighted by Crippen LogP contribution is 2.22. The lowest BCUT2D eigenvalue weighted by Gasteiger charge is -2.10. The molecule has 0 aliphatic rings. The molecule has 27 heavy (non-hydrogen) atoms. The van der Waals surface area contributed by atoms with E-state index in [4.69, 9.17) is 16.3 Å². The number of carbonyl (C=O) groups is 2. The first-order valence-electron chi connectivity index (χ1n) is 7.93. The van der Waals surface area contributed by atoms with Crippen molar-refractivity contribution in [1.29, 1.82) is 0 Å². The van der Waals surface area contributed by atoms with Gasteiger partial charge in [0.05, 0.1) is 24.9 Å². The second kappa shape index (κ2) is 8.33. The van der Waals surface area contributed by atoms with Gasteiger partial charge in [0.2, 0.25) is 5.91 Å². The SMILES string of the molecule is COc1cc(Cl)ccc1C(=O)NCC(=O)Nc1ccc(-n2cncn2)cc1. The van der Waals surface area contributed by atoms with E-state index in [0.29, 0.717) is 22.0 Å². The molecule has 0 fully saturated rings. The average Bonchev–Trinajstić information content (AvgIpc) is 3.21. The van der Waals surface area contributed by atoms with Gasteiger partial charge in [0.25, 0.3) is 5.91 Å². The van der Waals surface area contributed by atoms with Crippen LogP contribution in [0.2, 0.25) is 5.02 Å². The number of carbonyl (C=O) groups excluding carboxylic acids is 2. The predicted octanol–water partition coefficient (Wildman–Crippen LogP) is 2.30. The smallest absolute Gasteiger partial charge is 0.255 e. The van der Waals surface area contributed by atoms with Gasteiger partial charge in [-0.15, -0.1) is 0 Å². The van der Waals surface area contributed by atoms with Crippen LogP contribution in [0.1, 0.15) is 10.4 Å². The number of benzene rings is 2. The van der Waals surface area contributed by atoms with Crippen molar-refractivity contribution in [3.05, 3.63) is 65.7 Å². The van der Waals surface area contributed by atoms with Crippen LogP contribution in [0.15, 0.2) is 55.1 Å². The third kappa shape index (κ3) is 4.62. The molecule has 138 valence electrons. The molecule has 2 amide bonds. The van der Waals surface area contributed by atoms with E-state index in [2.05, 4.69) is 20.7 Å². The molecular formula is C18H16ClN5O3. The number of hydrogen-bond acceptors (Lipinski definition) is 5. The topological polar surface area (TPSA) is 98.1 Å². The monoisotopic (exact) mass is 385 g/mol. The number of hydrogen-bond donors (Lipinski definition) is 2. The lowest BCUT2D eigenvalue weighted by Crippen LogP contribution is -2.33. The van der Waals surface area contributed by atoms with E-state index in [1.165, 1.54) is 25.6 Å². The molecule has 0 bridgehead atoms. The molecule has 2 aromatic carbocycles. The Morgan fingerprint density at radius 3 is 2.63 bits per heavy atom. The predicted molar refractivity (Wildman–Crippen MR) is 100 cm³/mol. The minimum Gasteiger partial charge on any atom is -0.496 e. The number of rotatable bonds is 6. The van der Waals surface area contributed by atoms with Gasteiger partial charge in [-0.1, -0.05) is 11.6 Å². The van der Waals surface area contributed by atoms with Crippen molar-refractivity contribution in [2.24, 2.45) is 0 Å². The Hall–Kier alpha value is -3.39. The molecule has 8 nitrogen and oxygen atoms in total. The van der Waals surface area contributed by atoms with E-state index in [-0.39, 0.29) is 12.5 Å². The van der Waals surface area contributed by atoms with Gasteiger partial charge in [-0.3, -0.25) is 9.59 Å². The van der Waals surface area contributed by atoms with Crippen molar-refractivity contribution in [1.82, 2.24) is 20.1 Å². The largest absolute Gasteiger partial charge is 0.496 e. The fourth-order valence-electron chi connectivity index (χ4n) is 2.35. The summed E-state index contributed by atoms with van der Waals surface area (Å²) in [5, 5.41) is 9.74. The van der Waals surface area contributed by atoms with E-state index >= 15 is 0 Å². The first kappa shape index (κ1) is 18.4. The van der Waals surface area contributed by atoms with E-state index in [0.717, 1.165) is 5.69 Å². The molecule has 1 aromatic heterocycles. The molecule has 3 rings (SSSR count). The highest BCUT2D eigenvalue weighted by atomic mass is 35.5. The van der Waals surface area contributed by atoms with Crippen LogP contribution in [-0.2, 0) is 4.79 Å². The molecule has 0 aliphatic heterocycles. The van der Waals surface area contributed by atoms with Gasteiger partial charge >= 0.3 is 0 Å². The summed E-state index contributed by atoms with van der Waals surface area (Å²) < 4.78 is 6.74. The first-order valence-corrected chi connectivity index (χ1v) is 8.31. The van der Waals surface area contributed by atoms with Crippen molar-refractivity contribution in [2.75, 3.05) is 19.0 Å². The summed E-state index contributed by atoms with van der Waals surface area (Å²) in [6, 6.07) is 11.7. The summed E-state index contributed by atoms with van der Waals surface area (Å²) in [5.74, 6) is -0.450. The van der Waals surface area contributed by atoms with Gasteiger partial charge in [0.1, 0.15) is 18.4 Å². The quantitative estimate of drug-likeness (QED) is 0.678. The van der Waals surface area contributed by atoms with Crippen LogP contribution in [0, 0.1) is 0 Å². The van der Waals surface area contributed by atoms with Gasteiger partial charge in [0, 0.05) is 10.7 Å². The molecule has 0 aliphatic carbocycles. The van der Waals surface area contributed by atoms with Crippen molar-refractivity contribution < 1.29 is 14.3 Å². The molecule has 0 atom stereocenters. The average molecular weight is 386 g/mol. The van der Waals surface area contributed by atoms with Gasteiger partial charge in [-0.25, -0.2) is 9.67 Å². The first-order chi connectivity index (χ1) is 13.1. The number of aromatic nitrogens is 3. The third-order valence-electron chi connectivity index (χ3n) is 3.65. The van der Waals surface area contributed by atoms with Crippen molar-refractivity contribution in [3.63, 3.8) is 0 Å². The third-order valence-corrected chi connectivity index (χ3v) is 3.89. The summed E-state index contributed by atoms with van der Waals surface area (Å²) in [6.45, 7) is -0.185. The number of nitrogens with one attached hydrogen (secondary N) is 2. The maximum Gasteiger partial charge on any atom is 0.255 e. The maximum atomic E-state index is 12.2. The Bertz CT molecular complexity index is 942. The van der Waals surface area contributed by atoms with Crippen LogP contribution in [-0.4, -0.2) is 40.2 Å². The van der Waals surface area contributed by atoms with Gasteiger partial charge in [-0.2, -0.15) is 5.10 Å². The second-order valence-electron chi connectivity index (χ2n) is 5.46. The molecule has 0 radical (unpaired) electrons. The molecule has 9 heteroatoms. The van der Waals surface area contributed by atoms with Crippen molar-refractivity contribution >= 4 is 29.1 Å². The molecule has 0 saturated carbocycles. The molecule has 1 heterocycles. The second-order valence-corrected chi connectivity index (χ2v) is 5.90. The summed E-state index contributed by atoms with van der Waals surface area (Å²) in [5.41, 5.74) is 1.71. The Morgan fingerprint density at radius 2 is 1.96 bits per heavy atom. The van der Waals surface area contributed by atoms with Crippen molar-refractivity contribution in [3.8, 4) is 11.4 Å². The summed E-state index contributed by atoms with van der Waals surface area (Å²) in [6.07, 6.45) is 3.02. The number of amides is 2. The lowest BCUT2D eigenvalue weighted by atomic mass is 10.2. The number of ether oxygens (including phenoxy) is 1. The highest BCUT2D eigenvalue weighted by molar-refractivity contribution is 6.30. The number of nitrogens with zero attached hydrogens (tertiary/aromatic N) is 3. The van der Waals surface area contributed by atoms with Crippen LogP contribution >= 0.6 is 11.6 Å². The van der Waals surface area contributed by atoms with E-state index in [1.54, 1.807) is 41.3 Å². The zero-order valence-electron chi connectivity index (χ0n) is 14.3. The molecule has 3 aromatic rings. The van der Waals surface area contributed by atoms with Crippen LogP contribution in [0.25, 0.3) is 5.69 Å². The molecular weight excluding hydrogens is 370 g/mol. The highest BCUT2D eigenvalue weighted by Gasteiger charge is 2.14. The Morgan fingerprint density at radius 1 is 1.19 bits per heavy atom.